The summed E-state index contributed by atoms with van der Waals surface area (Å²) < 4.78 is 25.7. The summed E-state index contributed by atoms with van der Waals surface area (Å²) in [5, 5.41) is 0.629. The fourth-order valence-electron chi connectivity index (χ4n) is 4.32. The van der Waals surface area contributed by atoms with Crippen molar-refractivity contribution in [2.24, 2.45) is 0 Å². The number of hydrogen-bond acceptors (Lipinski definition) is 4. The minimum Gasteiger partial charge on any atom is -0.490 e. The number of carbonyl (C=O) groups excluding carboxylic acids is 2. The van der Waals surface area contributed by atoms with Crippen molar-refractivity contribution in [3.63, 3.8) is 0 Å². The van der Waals surface area contributed by atoms with E-state index in [4.69, 9.17) is 21.1 Å². The Morgan fingerprint density at radius 2 is 1.84 bits per heavy atom. The molecule has 1 aliphatic heterocycles. The second kappa shape index (κ2) is 11.8. The van der Waals surface area contributed by atoms with Crippen LogP contribution >= 0.6 is 11.6 Å². The van der Waals surface area contributed by atoms with Gasteiger partial charge in [0.15, 0.2) is 0 Å². The van der Waals surface area contributed by atoms with E-state index in [1.807, 2.05) is 43.3 Å². The van der Waals surface area contributed by atoms with Crippen LogP contribution in [0.25, 0.3) is 0 Å². The monoisotopic (exact) mass is 524 g/mol. The van der Waals surface area contributed by atoms with Gasteiger partial charge < -0.3 is 19.3 Å². The molecule has 3 aromatic carbocycles. The minimum atomic E-state index is -1.07. The van der Waals surface area contributed by atoms with Gasteiger partial charge in [0.1, 0.15) is 23.8 Å². The molecule has 1 fully saturated rings. The summed E-state index contributed by atoms with van der Waals surface area (Å²) in [5.74, 6) is -0.195. The van der Waals surface area contributed by atoms with Crippen LogP contribution in [0.3, 0.4) is 0 Å². The predicted octanol–water partition coefficient (Wildman–Crippen LogP) is 5.13. The van der Waals surface area contributed by atoms with Crippen LogP contribution in [-0.4, -0.2) is 60.6 Å². The number of ether oxygens (including phenoxy) is 2. The number of morpholine rings is 1. The lowest BCUT2D eigenvalue weighted by molar-refractivity contribution is -0.152. The fraction of sp³-hybridized carbons (Fsp3) is 0.310. The molecule has 3 aromatic rings. The minimum absolute atomic E-state index is 0.0239. The van der Waals surface area contributed by atoms with E-state index >= 15 is 0 Å². The molecule has 1 saturated heterocycles. The topological polar surface area (TPSA) is 59.1 Å². The first-order chi connectivity index (χ1) is 17.7. The van der Waals surface area contributed by atoms with Crippen LogP contribution < -0.4 is 4.74 Å². The zero-order chi connectivity index (χ0) is 26.4. The zero-order valence-electron chi connectivity index (χ0n) is 21.0. The third-order valence-electron chi connectivity index (χ3n) is 6.42. The van der Waals surface area contributed by atoms with E-state index in [0.717, 1.165) is 11.1 Å². The van der Waals surface area contributed by atoms with Crippen molar-refractivity contribution in [3.8, 4) is 5.75 Å². The van der Waals surface area contributed by atoms with E-state index in [1.54, 1.807) is 29.0 Å². The molecule has 1 heterocycles. The smallest absolute Gasteiger partial charge is 0.254 e. The molecular formula is C29H30ClFN2O4. The Balaban J connectivity index is 1.54. The van der Waals surface area contributed by atoms with Crippen molar-refractivity contribution in [2.75, 3.05) is 33.4 Å². The van der Waals surface area contributed by atoms with Gasteiger partial charge in [-0.2, -0.15) is 0 Å². The molecule has 0 spiro atoms. The first-order valence-electron chi connectivity index (χ1n) is 12.1. The van der Waals surface area contributed by atoms with Gasteiger partial charge in [0.05, 0.1) is 19.6 Å². The quantitative estimate of drug-likeness (QED) is 0.410. The van der Waals surface area contributed by atoms with Crippen molar-refractivity contribution in [1.29, 1.82) is 0 Å². The van der Waals surface area contributed by atoms with Gasteiger partial charge in [-0.1, -0.05) is 41.9 Å². The van der Waals surface area contributed by atoms with Gasteiger partial charge in [-0.25, -0.2) is 4.39 Å². The first kappa shape index (κ1) is 26.6. The maximum atomic E-state index is 13.4. The van der Waals surface area contributed by atoms with Crippen molar-refractivity contribution >= 4 is 23.4 Å². The predicted molar refractivity (Wildman–Crippen MR) is 140 cm³/mol. The number of carbonyl (C=O) groups is 2. The van der Waals surface area contributed by atoms with Gasteiger partial charge in [0.2, 0.25) is 5.91 Å². The molecule has 8 heteroatoms. The van der Waals surface area contributed by atoms with Gasteiger partial charge in [-0.3, -0.25) is 9.59 Å². The lowest BCUT2D eigenvalue weighted by atomic mass is 9.96. The molecule has 6 nitrogen and oxygen atoms in total. The average Bonchev–Trinajstić information content (AvgIpc) is 2.90. The SMILES string of the molecule is Cc1cc(OC[C@]2(CC(=O)N(C)Cc3ccccc3)CN(C(=O)c3ccc(F)cc3)CCO2)ccc1Cl. The van der Waals surface area contributed by atoms with Crippen molar-refractivity contribution in [2.45, 2.75) is 25.5 Å². The van der Waals surface area contributed by atoms with E-state index < -0.39 is 11.4 Å². The first-order valence-corrected chi connectivity index (χ1v) is 12.5. The fourth-order valence-corrected chi connectivity index (χ4v) is 4.43. The highest BCUT2D eigenvalue weighted by Crippen LogP contribution is 2.28. The summed E-state index contributed by atoms with van der Waals surface area (Å²) in [6, 6.07) is 20.5. The molecule has 1 atom stereocenters. The van der Waals surface area contributed by atoms with Gasteiger partial charge in [0.25, 0.3) is 5.91 Å². The van der Waals surface area contributed by atoms with Gasteiger partial charge in [-0.05, 0) is 60.5 Å². The summed E-state index contributed by atoms with van der Waals surface area (Å²) in [7, 11) is 1.75. The van der Waals surface area contributed by atoms with Gasteiger partial charge in [-0.15, -0.1) is 0 Å². The average molecular weight is 525 g/mol. The summed E-state index contributed by atoms with van der Waals surface area (Å²) >= 11 is 6.15. The summed E-state index contributed by atoms with van der Waals surface area (Å²) in [4.78, 5) is 29.8. The standard InChI is InChI=1S/C29H30ClFN2O4/c1-21-16-25(12-13-26(21)30)36-20-29(17-27(34)32(2)18-22-6-4-3-5-7-22)19-33(14-15-37-29)28(35)23-8-10-24(31)11-9-23/h3-13,16H,14-15,17-20H2,1-2H3/t29-/m0/s1. The van der Waals surface area contributed by atoms with E-state index in [1.165, 1.54) is 24.3 Å². The lowest BCUT2D eigenvalue weighted by Gasteiger charge is -2.42. The molecule has 0 N–H and O–H groups in total. The van der Waals surface area contributed by atoms with Crippen LogP contribution in [0, 0.1) is 12.7 Å². The Kier molecular flexibility index (Phi) is 8.46. The number of amides is 2. The van der Waals surface area contributed by atoms with E-state index in [2.05, 4.69) is 0 Å². The van der Waals surface area contributed by atoms with Crippen LogP contribution in [-0.2, 0) is 16.1 Å². The molecule has 0 aliphatic carbocycles. The second-order valence-corrected chi connectivity index (χ2v) is 9.78. The largest absolute Gasteiger partial charge is 0.490 e. The maximum absolute atomic E-state index is 13.4. The van der Waals surface area contributed by atoms with Gasteiger partial charge >= 0.3 is 0 Å². The number of hydrogen-bond donors (Lipinski definition) is 0. The molecule has 0 aromatic heterocycles. The summed E-state index contributed by atoms with van der Waals surface area (Å²) in [5.41, 5.74) is 1.19. The van der Waals surface area contributed by atoms with Gasteiger partial charge in [0, 0.05) is 30.7 Å². The van der Waals surface area contributed by atoms with E-state index in [-0.39, 0.29) is 38.0 Å². The second-order valence-electron chi connectivity index (χ2n) is 9.38. The molecule has 37 heavy (non-hydrogen) atoms. The highest BCUT2D eigenvalue weighted by Gasteiger charge is 2.42. The van der Waals surface area contributed by atoms with Crippen LogP contribution in [0.1, 0.15) is 27.9 Å². The molecule has 0 unspecified atom stereocenters. The molecule has 4 rings (SSSR count). The number of halogens is 2. The van der Waals surface area contributed by atoms with Crippen molar-refractivity contribution < 1.29 is 23.5 Å². The molecule has 2 amide bonds. The van der Waals surface area contributed by atoms with Crippen LogP contribution in [0.5, 0.6) is 5.75 Å². The normalized spacial score (nSPS) is 17.4. The van der Waals surface area contributed by atoms with Crippen molar-refractivity contribution in [1.82, 2.24) is 9.80 Å². The Labute approximate surface area is 221 Å². The molecule has 0 radical (unpaired) electrons. The molecule has 0 bridgehead atoms. The number of nitrogens with zero attached hydrogens (tertiary/aromatic N) is 2. The Bertz CT molecular complexity index is 1240. The Morgan fingerprint density at radius 1 is 1.11 bits per heavy atom. The molecule has 194 valence electrons. The Hall–Kier alpha value is -3.42. The maximum Gasteiger partial charge on any atom is 0.254 e. The summed E-state index contributed by atoms with van der Waals surface area (Å²) in [6.07, 6.45) is 0.0239. The summed E-state index contributed by atoms with van der Waals surface area (Å²) in [6.45, 7) is 3.14. The highest BCUT2D eigenvalue weighted by atomic mass is 35.5. The molecular weight excluding hydrogens is 495 g/mol. The van der Waals surface area contributed by atoms with Crippen molar-refractivity contribution in [3.05, 3.63) is 100 Å². The number of benzene rings is 3. The Morgan fingerprint density at radius 3 is 2.54 bits per heavy atom. The highest BCUT2D eigenvalue weighted by molar-refractivity contribution is 6.31. The third kappa shape index (κ3) is 6.87. The number of aryl methyl sites for hydroxylation is 1. The third-order valence-corrected chi connectivity index (χ3v) is 6.84. The van der Waals surface area contributed by atoms with Crippen LogP contribution in [0.4, 0.5) is 4.39 Å². The zero-order valence-corrected chi connectivity index (χ0v) is 21.7. The van der Waals surface area contributed by atoms with Crippen LogP contribution in [0.15, 0.2) is 72.8 Å². The molecule has 0 saturated carbocycles. The lowest BCUT2D eigenvalue weighted by Crippen LogP contribution is -2.58. The van der Waals surface area contributed by atoms with E-state index in [9.17, 15) is 14.0 Å². The number of rotatable bonds is 8. The van der Waals surface area contributed by atoms with E-state index in [0.29, 0.717) is 29.4 Å². The van der Waals surface area contributed by atoms with Crippen LogP contribution in [0.2, 0.25) is 5.02 Å². The molecule has 1 aliphatic rings.